The van der Waals surface area contributed by atoms with Crippen LogP contribution < -0.4 is 0 Å². The van der Waals surface area contributed by atoms with E-state index in [1.54, 1.807) is 0 Å². The maximum absolute atomic E-state index is 12.8. The van der Waals surface area contributed by atoms with Gasteiger partial charge in [0.25, 0.3) is 0 Å². The normalized spacial score (nSPS) is 44.0. The number of Topliss-reactive ketones (excluding diaryl/α,β-unsaturated/α-hetero) is 1. The van der Waals surface area contributed by atoms with Crippen molar-refractivity contribution in [1.29, 1.82) is 0 Å². The highest BCUT2D eigenvalue weighted by molar-refractivity contribution is 5.84. The van der Waals surface area contributed by atoms with Crippen molar-refractivity contribution in [2.75, 3.05) is 0 Å². The number of allylic oxidation sites excluding steroid dienone is 2. The molecule has 0 aromatic heterocycles. The lowest BCUT2D eigenvalue weighted by Crippen LogP contribution is -2.49. The molecule has 1 N–H and O–H groups in total. The van der Waals surface area contributed by atoms with Gasteiger partial charge in [-0.1, -0.05) is 39.3 Å². The Bertz CT molecular complexity index is 715. The van der Waals surface area contributed by atoms with Crippen LogP contribution in [0, 0.1) is 46.3 Å². The Balaban J connectivity index is 1.54. The summed E-state index contributed by atoms with van der Waals surface area (Å²) in [6.45, 7) is 13.7. The van der Waals surface area contributed by atoms with E-state index >= 15 is 0 Å². The highest BCUT2D eigenvalue weighted by atomic mass is 16.3. The summed E-state index contributed by atoms with van der Waals surface area (Å²) in [6.07, 6.45) is 15.4. The Labute approximate surface area is 191 Å². The van der Waals surface area contributed by atoms with Gasteiger partial charge < -0.3 is 5.11 Å². The second-order valence-electron chi connectivity index (χ2n) is 13.1. The molecule has 2 nitrogen and oxygen atoms in total. The molecule has 2 heteroatoms. The van der Waals surface area contributed by atoms with Gasteiger partial charge in [-0.25, -0.2) is 0 Å². The van der Waals surface area contributed by atoms with Gasteiger partial charge in [0, 0.05) is 12.3 Å². The van der Waals surface area contributed by atoms with E-state index in [9.17, 15) is 9.90 Å². The van der Waals surface area contributed by atoms with Gasteiger partial charge in [0.2, 0.25) is 0 Å². The predicted molar refractivity (Wildman–Crippen MR) is 129 cm³/mol. The maximum atomic E-state index is 12.8. The van der Waals surface area contributed by atoms with Crippen molar-refractivity contribution in [1.82, 2.24) is 0 Å². The van der Waals surface area contributed by atoms with Gasteiger partial charge in [0.1, 0.15) is 5.78 Å². The molecule has 0 saturated heterocycles. The number of ketones is 1. The number of rotatable bonds is 5. The van der Waals surface area contributed by atoms with Crippen LogP contribution in [0.1, 0.15) is 112 Å². The van der Waals surface area contributed by atoms with E-state index in [1.807, 2.05) is 13.8 Å². The molecular weight excluding hydrogens is 380 g/mol. The van der Waals surface area contributed by atoms with Crippen molar-refractivity contribution in [3.05, 3.63) is 11.6 Å². The lowest BCUT2D eigenvalue weighted by molar-refractivity contribution is -0.122. The third-order valence-corrected chi connectivity index (χ3v) is 10.9. The van der Waals surface area contributed by atoms with Crippen LogP contribution in [-0.2, 0) is 4.79 Å². The molecule has 8 atom stereocenters. The summed E-state index contributed by atoms with van der Waals surface area (Å²) < 4.78 is 0. The first-order valence-corrected chi connectivity index (χ1v) is 13.4. The first-order valence-electron chi connectivity index (χ1n) is 13.4. The van der Waals surface area contributed by atoms with Crippen LogP contribution in [0.15, 0.2) is 11.6 Å². The van der Waals surface area contributed by atoms with Crippen LogP contribution in [0.25, 0.3) is 0 Å². The number of hydrogen-bond donors (Lipinski definition) is 1. The topological polar surface area (TPSA) is 37.3 Å². The van der Waals surface area contributed by atoms with E-state index in [0.29, 0.717) is 23.0 Å². The Kier molecular flexibility index (Phi) is 6.30. The molecule has 31 heavy (non-hydrogen) atoms. The van der Waals surface area contributed by atoms with Gasteiger partial charge in [-0.15, -0.1) is 0 Å². The molecule has 3 fully saturated rings. The Morgan fingerprint density at radius 1 is 1.13 bits per heavy atom. The maximum Gasteiger partial charge on any atom is 0.140 e. The highest BCUT2D eigenvalue weighted by Crippen LogP contribution is 2.67. The highest BCUT2D eigenvalue weighted by Gasteiger charge is 2.59. The monoisotopic (exact) mass is 428 g/mol. The molecule has 0 aromatic rings. The third kappa shape index (κ3) is 4.09. The molecule has 0 bridgehead atoms. The lowest BCUT2D eigenvalue weighted by Gasteiger charge is -2.57. The molecular formula is C29H48O2. The second-order valence-corrected chi connectivity index (χ2v) is 13.1. The second kappa shape index (κ2) is 8.30. The van der Waals surface area contributed by atoms with Crippen LogP contribution in [0.2, 0.25) is 0 Å². The van der Waals surface area contributed by atoms with Gasteiger partial charge in [-0.05, 0) is 118 Å². The largest absolute Gasteiger partial charge is 0.390 e. The number of aliphatic hydroxyl groups is 1. The van der Waals surface area contributed by atoms with Gasteiger partial charge in [-0.2, -0.15) is 0 Å². The summed E-state index contributed by atoms with van der Waals surface area (Å²) >= 11 is 0. The Morgan fingerprint density at radius 2 is 1.87 bits per heavy atom. The summed E-state index contributed by atoms with van der Waals surface area (Å²) in [6, 6.07) is 0. The summed E-state index contributed by atoms with van der Waals surface area (Å²) in [7, 11) is 0. The zero-order valence-electron chi connectivity index (χ0n) is 21.2. The van der Waals surface area contributed by atoms with Gasteiger partial charge in [-0.3, -0.25) is 4.79 Å². The fourth-order valence-electron chi connectivity index (χ4n) is 8.93. The van der Waals surface area contributed by atoms with E-state index in [0.717, 1.165) is 55.8 Å². The van der Waals surface area contributed by atoms with Crippen LogP contribution >= 0.6 is 0 Å². The number of carbonyl (C=O) groups is 1. The molecule has 3 saturated carbocycles. The van der Waals surface area contributed by atoms with Crippen molar-refractivity contribution in [2.24, 2.45) is 46.3 Å². The van der Waals surface area contributed by atoms with Crippen LogP contribution in [0.5, 0.6) is 0 Å². The van der Waals surface area contributed by atoms with Crippen molar-refractivity contribution in [2.45, 2.75) is 118 Å². The summed E-state index contributed by atoms with van der Waals surface area (Å²) in [5.74, 6) is 4.74. The average Bonchev–Trinajstić information content (AvgIpc) is 2.99. The molecule has 0 radical (unpaired) electrons. The molecule has 4 aliphatic carbocycles. The number of hydrogen-bond acceptors (Lipinski definition) is 2. The predicted octanol–water partition coefficient (Wildman–Crippen LogP) is 7.35. The zero-order chi connectivity index (χ0) is 22.6. The van der Waals surface area contributed by atoms with Gasteiger partial charge >= 0.3 is 0 Å². The molecule has 0 aliphatic heterocycles. The molecule has 0 spiro atoms. The SMILES string of the molecule is CCC1CC[C@@]2(C)C(=CC[C@H]3[C@@H]4CC[C@H]([C@H](C)CCC(C)(C)O)[C@@]4(C)CC[C@@H]32)CC1=O. The van der Waals surface area contributed by atoms with Gasteiger partial charge in [0.15, 0.2) is 0 Å². The fourth-order valence-corrected chi connectivity index (χ4v) is 8.93. The van der Waals surface area contributed by atoms with Crippen LogP contribution in [0.4, 0.5) is 0 Å². The molecule has 176 valence electrons. The Hall–Kier alpha value is -0.630. The Morgan fingerprint density at radius 3 is 2.55 bits per heavy atom. The van der Waals surface area contributed by atoms with Crippen molar-refractivity contribution < 1.29 is 9.90 Å². The quantitative estimate of drug-likeness (QED) is 0.465. The zero-order valence-corrected chi connectivity index (χ0v) is 21.2. The van der Waals surface area contributed by atoms with E-state index in [1.165, 1.54) is 44.1 Å². The number of carbonyl (C=O) groups excluding carboxylic acids is 1. The molecule has 4 rings (SSSR count). The van der Waals surface area contributed by atoms with E-state index < -0.39 is 5.60 Å². The van der Waals surface area contributed by atoms with Crippen LogP contribution in [0.3, 0.4) is 0 Å². The lowest BCUT2D eigenvalue weighted by atomic mass is 9.48. The number of fused-ring (bicyclic) bond motifs is 5. The standard InChI is InChI=1S/C29H48O2/c1-7-20-13-16-28(5)21(18-26(20)30)8-9-22-24-11-10-23(19(2)12-15-27(3,4)31)29(24,6)17-14-25(22)28/h8,19-20,22-25,31H,7,9-18H2,1-6H3/t19-,20?,22+,23-,24+,25+,28+,29-/m1/s1. The summed E-state index contributed by atoms with van der Waals surface area (Å²) in [4.78, 5) is 12.8. The summed E-state index contributed by atoms with van der Waals surface area (Å²) in [5.41, 5.74) is 1.69. The third-order valence-electron chi connectivity index (χ3n) is 10.9. The van der Waals surface area contributed by atoms with Crippen molar-refractivity contribution >= 4 is 5.78 Å². The molecule has 1 unspecified atom stereocenters. The van der Waals surface area contributed by atoms with Crippen molar-refractivity contribution in [3.8, 4) is 0 Å². The van der Waals surface area contributed by atoms with E-state index in [2.05, 4.69) is 33.8 Å². The minimum absolute atomic E-state index is 0.258. The fraction of sp³-hybridized carbons (Fsp3) is 0.897. The molecule has 0 amide bonds. The average molecular weight is 429 g/mol. The van der Waals surface area contributed by atoms with Crippen LogP contribution in [-0.4, -0.2) is 16.5 Å². The van der Waals surface area contributed by atoms with Gasteiger partial charge in [0.05, 0.1) is 5.60 Å². The summed E-state index contributed by atoms with van der Waals surface area (Å²) in [5, 5.41) is 10.2. The minimum Gasteiger partial charge on any atom is -0.390 e. The first-order chi connectivity index (χ1) is 14.5. The van der Waals surface area contributed by atoms with Crippen molar-refractivity contribution in [3.63, 3.8) is 0 Å². The first kappa shape index (κ1) is 23.5. The van der Waals surface area contributed by atoms with E-state index in [-0.39, 0.29) is 5.41 Å². The van der Waals surface area contributed by atoms with E-state index in [4.69, 9.17) is 0 Å². The molecule has 4 aliphatic rings. The molecule has 0 aromatic carbocycles. The smallest absolute Gasteiger partial charge is 0.140 e. The minimum atomic E-state index is -0.544. The molecule has 0 heterocycles.